The molecule has 0 saturated carbocycles. The second-order valence-corrected chi connectivity index (χ2v) is 5.31. The molecule has 2 aromatic heterocycles. The Morgan fingerprint density at radius 1 is 1.21 bits per heavy atom. The maximum absolute atomic E-state index is 14.0. The van der Waals surface area contributed by atoms with E-state index < -0.39 is 23.4 Å². The lowest BCUT2D eigenvalue weighted by Crippen LogP contribution is -2.05. The number of halogens is 4. The van der Waals surface area contributed by atoms with E-state index in [1.54, 1.807) is 12.1 Å². The Balaban J connectivity index is 2.18. The third kappa shape index (κ3) is 3.00. The van der Waals surface area contributed by atoms with Gasteiger partial charge < -0.3 is 9.63 Å². The highest BCUT2D eigenvalue weighted by Crippen LogP contribution is 2.39. The average molecular weight is 355 g/mol. The molecule has 0 fully saturated rings. The summed E-state index contributed by atoms with van der Waals surface area (Å²) in [6.45, 7) is 0. The highest BCUT2D eigenvalue weighted by molar-refractivity contribution is 6.19. The largest absolute Gasteiger partial charge is 0.383 e. The van der Waals surface area contributed by atoms with Crippen LogP contribution < -0.4 is 0 Å². The summed E-state index contributed by atoms with van der Waals surface area (Å²) < 4.78 is 45.8. The van der Waals surface area contributed by atoms with E-state index in [9.17, 15) is 18.3 Å². The van der Waals surface area contributed by atoms with Gasteiger partial charge in [0, 0.05) is 24.0 Å². The van der Waals surface area contributed by atoms with Gasteiger partial charge in [-0.25, -0.2) is 13.2 Å². The predicted octanol–water partition coefficient (Wildman–Crippen LogP) is 4.30. The molecule has 0 amide bonds. The number of nitrogens with zero attached hydrogens (tertiary/aromatic N) is 2. The summed E-state index contributed by atoms with van der Waals surface area (Å²) in [6, 6.07) is 5.87. The Kier molecular flexibility index (Phi) is 4.55. The van der Waals surface area contributed by atoms with Crippen LogP contribution in [0.1, 0.15) is 28.6 Å². The molecule has 8 heteroatoms. The maximum Gasteiger partial charge on any atom is 0.219 e. The van der Waals surface area contributed by atoms with Crippen LogP contribution in [0.4, 0.5) is 13.2 Å². The molecule has 0 bridgehead atoms. The summed E-state index contributed by atoms with van der Waals surface area (Å²) in [6.07, 6.45) is 1.44. The van der Waals surface area contributed by atoms with Gasteiger partial charge in [-0.15, -0.1) is 0 Å². The Hall–Kier alpha value is -2.38. The average Bonchev–Trinajstić information content (AvgIpc) is 3.00. The van der Waals surface area contributed by atoms with Crippen LogP contribution in [0, 0.1) is 11.6 Å². The van der Waals surface area contributed by atoms with Gasteiger partial charge in [-0.1, -0.05) is 22.8 Å². The van der Waals surface area contributed by atoms with Crippen LogP contribution in [-0.4, -0.2) is 15.2 Å². The second-order valence-electron chi connectivity index (χ2n) is 4.92. The van der Waals surface area contributed by atoms with E-state index in [0.717, 1.165) is 12.1 Å². The van der Waals surface area contributed by atoms with Crippen molar-refractivity contribution in [2.45, 2.75) is 11.7 Å². The molecule has 0 saturated heterocycles. The number of rotatable bonds is 4. The minimum absolute atomic E-state index is 0.143. The van der Waals surface area contributed by atoms with Gasteiger partial charge in [0.1, 0.15) is 23.4 Å². The van der Waals surface area contributed by atoms with Gasteiger partial charge in [-0.3, -0.25) is 4.98 Å². The zero-order chi connectivity index (χ0) is 17.3. The molecule has 0 aliphatic rings. The minimum Gasteiger partial charge on any atom is -0.383 e. The first-order valence-corrected chi connectivity index (χ1v) is 7.23. The zero-order valence-electron chi connectivity index (χ0n) is 12.0. The lowest BCUT2D eigenvalue weighted by atomic mass is 9.97. The Morgan fingerprint density at radius 2 is 2.00 bits per heavy atom. The molecule has 2 unspecified atom stereocenters. The molecular weight excluding hydrogens is 345 g/mol. The summed E-state index contributed by atoms with van der Waals surface area (Å²) >= 11 is 5.44. The number of aromatic nitrogens is 2. The second kappa shape index (κ2) is 6.62. The molecule has 0 radical (unpaired) electrons. The third-order valence-electron chi connectivity index (χ3n) is 3.41. The van der Waals surface area contributed by atoms with Gasteiger partial charge in [0.2, 0.25) is 5.63 Å². The van der Waals surface area contributed by atoms with Crippen molar-refractivity contribution < 1.29 is 22.8 Å². The number of aliphatic hydroxyl groups is 1. The molecule has 3 rings (SSSR count). The summed E-state index contributed by atoms with van der Waals surface area (Å²) in [4.78, 5) is 3.86. The van der Waals surface area contributed by atoms with E-state index in [1.807, 2.05) is 0 Å². The van der Waals surface area contributed by atoms with Crippen LogP contribution in [-0.2, 0) is 0 Å². The van der Waals surface area contributed by atoms with Crippen LogP contribution in [0.3, 0.4) is 0 Å². The quantitative estimate of drug-likeness (QED) is 0.709. The molecule has 0 aliphatic heterocycles. The molecule has 2 heterocycles. The summed E-state index contributed by atoms with van der Waals surface area (Å²) in [5, 5.41) is 14.0. The number of alkyl halides is 2. The van der Waals surface area contributed by atoms with E-state index >= 15 is 0 Å². The first kappa shape index (κ1) is 16.5. The van der Waals surface area contributed by atoms with Crippen molar-refractivity contribution in [1.82, 2.24) is 10.1 Å². The Morgan fingerprint density at radius 3 is 2.62 bits per heavy atom. The van der Waals surface area contributed by atoms with Crippen LogP contribution >= 0.6 is 11.6 Å². The smallest absolute Gasteiger partial charge is 0.219 e. The predicted molar refractivity (Wildman–Crippen MR) is 79.9 cm³/mol. The van der Waals surface area contributed by atoms with Gasteiger partial charge in [0.15, 0.2) is 5.76 Å². The Labute approximate surface area is 139 Å². The van der Waals surface area contributed by atoms with Gasteiger partial charge in [0.05, 0.1) is 11.1 Å². The lowest BCUT2D eigenvalue weighted by Gasteiger charge is -2.12. The van der Waals surface area contributed by atoms with Gasteiger partial charge >= 0.3 is 0 Å². The maximum atomic E-state index is 14.0. The minimum atomic E-state index is -2.08. The normalized spacial score (nSPS) is 13.7. The molecular formula is C16H10ClF3N2O2. The van der Waals surface area contributed by atoms with E-state index in [4.69, 9.17) is 16.1 Å². The van der Waals surface area contributed by atoms with Gasteiger partial charge in [0.25, 0.3) is 0 Å². The van der Waals surface area contributed by atoms with E-state index in [2.05, 4.69) is 10.1 Å². The van der Waals surface area contributed by atoms with Crippen molar-refractivity contribution in [3.8, 4) is 11.3 Å². The van der Waals surface area contributed by atoms with Gasteiger partial charge in [-0.2, -0.15) is 0 Å². The summed E-state index contributed by atoms with van der Waals surface area (Å²) in [5.74, 6) is -1.96. The van der Waals surface area contributed by atoms with Crippen molar-refractivity contribution in [2.24, 2.45) is 0 Å². The number of pyridine rings is 1. The van der Waals surface area contributed by atoms with Crippen LogP contribution in [0.15, 0.2) is 47.2 Å². The molecule has 3 aromatic rings. The summed E-state index contributed by atoms with van der Waals surface area (Å²) in [5.41, 5.74) is -2.47. The number of benzene rings is 1. The van der Waals surface area contributed by atoms with Crippen molar-refractivity contribution in [1.29, 1.82) is 0 Å². The van der Waals surface area contributed by atoms with E-state index in [-0.39, 0.29) is 22.6 Å². The number of aliphatic hydroxyl groups excluding tert-OH is 1. The molecule has 0 spiro atoms. The number of hydrogen-bond acceptors (Lipinski definition) is 4. The molecule has 2 atom stereocenters. The standard InChI is InChI=1S/C16H10ClF3N2O2/c17-16(20)13-12(14(23)8-2-1-5-21-7-8)15(24-22-13)10-4-3-9(18)6-11(10)19/h1-7,14,16,23H. The molecule has 1 N–H and O–H groups in total. The van der Waals surface area contributed by atoms with Crippen LogP contribution in [0.25, 0.3) is 11.3 Å². The fraction of sp³-hybridized carbons (Fsp3) is 0.125. The molecule has 4 nitrogen and oxygen atoms in total. The Bertz CT molecular complexity index is 856. The molecule has 124 valence electrons. The molecule has 24 heavy (non-hydrogen) atoms. The summed E-state index contributed by atoms with van der Waals surface area (Å²) in [7, 11) is 0. The zero-order valence-corrected chi connectivity index (χ0v) is 12.7. The van der Waals surface area contributed by atoms with Crippen molar-refractivity contribution in [2.75, 3.05) is 0 Å². The first-order valence-electron chi connectivity index (χ1n) is 6.80. The van der Waals surface area contributed by atoms with Crippen molar-refractivity contribution >= 4 is 11.6 Å². The van der Waals surface area contributed by atoms with Crippen LogP contribution in [0.5, 0.6) is 0 Å². The van der Waals surface area contributed by atoms with E-state index in [1.165, 1.54) is 12.4 Å². The SMILES string of the molecule is OC(c1cccnc1)c1c(C(F)Cl)noc1-c1ccc(F)cc1F. The van der Waals surface area contributed by atoms with E-state index in [0.29, 0.717) is 11.6 Å². The lowest BCUT2D eigenvalue weighted by molar-refractivity contribution is 0.217. The fourth-order valence-electron chi connectivity index (χ4n) is 2.30. The number of hydrogen-bond donors (Lipinski definition) is 1. The fourth-order valence-corrected chi connectivity index (χ4v) is 2.46. The third-order valence-corrected chi connectivity index (χ3v) is 3.62. The van der Waals surface area contributed by atoms with Crippen molar-refractivity contribution in [3.63, 3.8) is 0 Å². The highest BCUT2D eigenvalue weighted by Gasteiger charge is 2.30. The monoisotopic (exact) mass is 354 g/mol. The molecule has 0 aliphatic carbocycles. The topological polar surface area (TPSA) is 59.2 Å². The molecule has 1 aromatic carbocycles. The van der Waals surface area contributed by atoms with Gasteiger partial charge in [-0.05, 0) is 18.2 Å². The van der Waals surface area contributed by atoms with Crippen LogP contribution in [0.2, 0.25) is 0 Å². The van der Waals surface area contributed by atoms with Crippen molar-refractivity contribution in [3.05, 3.63) is 71.2 Å². The first-order chi connectivity index (χ1) is 11.5. The highest BCUT2D eigenvalue weighted by atomic mass is 35.5.